The minimum atomic E-state index is -0.260. The van der Waals surface area contributed by atoms with Crippen LogP contribution >= 0.6 is 11.8 Å². The Kier molecular flexibility index (Phi) is 3.25. The molecular formula is C10H9N5OS. The number of H-pyrrole nitrogens is 1. The molecular weight excluding hydrogens is 238 g/mol. The molecule has 86 valence electrons. The third-order valence-electron chi connectivity index (χ3n) is 2.12. The van der Waals surface area contributed by atoms with Gasteiger partial charge in [-0.3, -0.25) is 4.57 Å². The summed E-state index contributed by atoms with van der Waals surface area (Å²) in [7, 11) is 0. The van der Waals surface area contributed by atoms with Gasteiger partial charge >= 0.3 is 5.69 Å². The van der Waals surface area contributed by atoms with E-state index in [1.165, 1.54) is 16.3 Å². The van der Waals surface area contributed by atoms with Crippen molar-refractivity contribution < 1.29 is 0 Å². The van der Waals surface area contributed by atoms with Crippen molar-refractivity contribution in [2.45, 2.75) is 23.7 Å². The zero-order chi connectivity index (χ0) is 12.3. The molecule has 17 heavy (non-hydrogen) atoms. The van der Waals surface area contributed by atoms with Crippen LogP contribution in [-0.2, 0) is 6.54 Å². The Bertz CT molecular complexity index is 624. The molecule has 0 saturated heterocycles. The molecule has 0 radical (unpaired) electrons. The van der Waals surface area contributed by atoms with Crippen LogP contribution in [0.25, 0.3) is 0 Å². The average molecular weight is 247 g/mol. The lowest BCUT2D eigenvalue weighted by atomic mass is 10.3. The van der Waals surface area contributed by atoms with Crippen molar-refractivity contribution in [2.24, 2.45) is 0 Å². The largest absolute Gasteiger partial charge is 0.343 e. The first-order valence-corrected chi connectivity index (χ1v) is 5.76. The number of nitriles is 1. The van der Waals surface area contributed by atoms with Crippen molar-refractivity contribution in [3.8, 4) is 6.07 Å². The van der Waals surface area contributed by atoms with Crippen LogP contribution in [0.5, 0.6) is 0 Å². The molecule has 0 spiro atoms. The lowest BCUT2D eigenvalue weighted by molar-refractivity contribution is 0.660. The van der Waals surface area contributed by atoms with Crippen LogP contribution in [-0.4, -0.2) is 19.7 Å². The van der Waals surface area contributed by atoms with E-state index in [1.54, 1.807) is 18.3 Å². The number of rotatable bonds is 3. The van der Waals surface area contributed by atoms with Gasteiger partial charge in [-0.15, -0.1) is 5.10 Å². The molecule has 0 aliphatic rings. The molecule has 0 fully saturated rings. The van der Waals surface area contributed by atoms with Crippen molar-refractivity contribution >= 4 is 11.8 Å². The third-order valence-corrected chi connectivity index (χ3v) is 3.13. The van der Waals surface area contributed by atoms with Crippen molar-refractivity contribution in [1.82, 2.24) is 19.7 Å². The van der Waals surface area contributed by atoms with Crippen molar-refractivity contribution in [2.75, 3.05) is 0 Å². The predicted molar refractivity (Wildman–Crippen MR) is 61.6 cm³/mol. The third kappa shape index (κ3) is 2.21. The highest BCUT2D eigenvalue weighted by Gasteiger charge is 2.11. The van der Waals surface area contributed by atoms with Crippen LogP contribution in [0.2, 0.25) is 0 Å². The SMILES string of the molecule is CCn1c(Sc2ncccc2C#N)n[nH]c1=O. The van der Waals surface area contributed by atoms with Gasteiger partial charge in [-0.25, -0.2) is 14.9 Å². The average Bonchev–Trinajstić information content (AvgIpc) is 2.70. The van der Waals surface area contributed by atoms with E-state index in [4.69, 9.17) is 5.26 Å². The highest BCUT2D eigenvalue weighted by Crippen LogP contribution is 2.25. The number of hydrogen-bond donors (Lipinski definition) is 1. The summed E-state index contributed by atoms with van der Waals surface area (Å²) in [6.45, 7) is 2.37. The van der Waals surface area contributed by atoms with Gasteiger partial charge in [0.25, 0.3) is 0 Å². The first kappa shape index (κ1) is 11.4. The number of aromatic amines is 1. The summed E-state index contributed by atoms with van der Waals surface area (Å²) < 4.78 is 1.49. The zero-order valence-electron chi connectivity index (χ0n) is 9.04. The summed E-state index contributed by atoms with van der Waals surface area (Å²) in [6, 6.07) is 5.42. The van der Waals surface area contributed by atoms with Crippen molar-refractivity contribution in [3.05, 3.63) is 34.4 Å². The van der Waals surface area contributed by atoms with Crippen LogP contribution in [0.3, 0.4) is 0 Å². The summed E-state index contributed by atoms with van der Waals surface area (Å²) in [6.07, 6.45) is 1.60. The van der Waals surface area contributed by atoms with E-state index >= 15 is 0 Å². The van der Waals surface area contributed by atoms with Gasteiger partial charge in [0.15, 0.2) is 5.16 Å². The number of nitrogens with one attached hydrogen (secondary N) is 1. The number of nitrogens with zero attached hydrogens (tertiary/aromatic N) is 4. The Morgan fingerprint density at radius 3 is 3.18 bits per heavy atom. The van der Waals surface area contributed by atoms with Gasteiger partial charge in [-0.1, -0.05) is 0 Å². The van der Waals surface area contributed by atoms with Crippen LogP contribution in [0.1, 0.15) is 12.5 Å². The lowest BCUT2D eigenvalue weighted by Gasteiger charge is -2.02. The molecule has 0 aliphatic heterocycles. The Labute approximate surface area is 101 Å². The van der Waals surface area contributed by atoms with E-state index in [9.17, 15) is 4.79 Å². The Balaban J connectivity index is 2.38. The molecule has 0 amide bonds. The molecule has 2 rings (SSSR count). The van der Waals surface area contributed by atoms with Gasteiger partial charge in [0, 0.05) is 12.7 Å². The first-order chi connectivity index (χ1) is 8.26. The minimum absolute atomic E-state index is 0.260. The maximum atomic E-state index is 11.4. The molecule has 0 aliphatic carbocycles. The minimum Gasteiger partial charge on any atom is -0.270 e. The van der Waals surface area contributed by atoms with Gasteiger partial charge in [-0.05, 0) is 30.8 Å². The summed E-state index contributed by atoms with van der Waals surface area (Å²) >= 11 is 1.20. The maximum absolute atomic E-state index is 11.4. The number of pyridine rings is 1. The fourth-order valence-electron chi connectivity index (χ4n) is 1.30. The highest BCUT2D eigenvalue weighted by molar-refractivity contribution is 7.99. The Hall–Kier alpha value is -2.07. The van der Waals surface area contributed by atoms with E-state index in [-0.39, 0.29) is 5.69 Å². The van der Waals surface area contributed by atoms with Gasteiger partial charge in [-0.2, -0.15) is 5.26 Å². The van der Waals surface area contributed by atoms with Crippen LogP contribution in [0, 0.1) is 11.3 Å². The van der Waals surface area contributed by atoms with Gasteiger partial charge in [0.05, 0.1) is 5.56 Å². The predicted octanol–water partition coefficient (Wildman–Crippen LogP) is 1.01. The van der Waals surface area contributed by atoms with Gasteiger partial charge in [0.1, 0.15) is 11.1 Å². The first-order valence-electron chi connectivity index (χ1n) is 4.94. The molecule has 2 heterocycles. The van der Waals surface area contributed by atoms with E-state index in [0.717, 1.165) is 0 Å². The van der Waals surface area contributed by atoms with E-state index in [0.29, 0.717) is 22.3 Å². The highest BCUT2D eigenvalue weighted by atomic mass is 32.2. The van der Waals surface area contributed by atoms with E-state index in [2.05, 4.69) is 21.3 Å². The maximum Gasteiger partial charge on any atom is 0.343 e. The normalized spacial score (nSPS) is 10.1. The summed E-state index contributed by atoms with van der Waals surface area (Å²) in [4.78, 5) is 15.5. The topological polar surface area (TPSA) is 87.4 Å². The van der Waals surface area contributed by atoms with E-state index < -0.39 is 0 Å². The Morgan fingerprint density at radius 2 is 2.47 bits per heavy atom. The second-order valence-corrected chi connectivity index (χ2v) is 4.08. The second-order valence-electron chi connectivity index (χ2n) is 3.13. The summed E-state index contributed by atoms with van der Waals surface area (Å²) in [5.41, 5.74) is 0.208. The summed E-state index contributed by atoms with van der Waals surface area (Å²) in [5, 5.41) is 16.2. The van der Waals surface area contributed by atoms with Crippen molar-refractivity contribution in [3.63, 3.8) is 0 Å². The number of aromatic nitrogens is 4. The molecule has 6 nitrogen and oxygen atoms in total. The van der Waals surface area contributed by atoms with Crippen LogP contribution in [0.15, 0.2) is 33.3 Å². The molecule has 0 saturated carbocycles. The molecule has 1 N–H and O–H groups in total. The monoisotopic (exact) mass is 247 g/mol. The standard InChI is InChI=1S/C10H9N5OS/c1-2-15-9(16)13-14-10(15)17-8-7(6-11)4-3-5-12-8/h3-5H,2H2,1H3,(H,13,16). The zero-order valence-corrected chi connectivity index (χ0v) is 9.86. The van der Waals surface area contributed by atoms with Crippen LogP contribution < -0.4 is 5.69 Å². The fourth-order valence-corrected chi connectivity index (χ4v) is 2.23. The summed E-state index contributed by atoms with van der Waals surface area (Å²) in [5.74, 6) is 0. The molecule has 2 aromatic heterocycles. The molecule has 0 bridgehead atoms. The lowest BCUT2D eigenvalue weighted by Crippen LogP contribution is -2.16. The van der Waals surface area contributed by atoms with Crippen LogP contribution in [0.4, 0.5) is 0 Å². The quantitative estimate of drug-likeness (QED) is 0.874. The molecule has 0 aromatic carbocycles. The number of hydrogen-bond acceptors (Lipinski definition) is 5. The molecule has 0 atom stereocenters. The molecule has 7 heteroatoms. The molecule has 2 aromatic rings. The Morgan fingerprint density at radius 1 is 1.65 bits per heavy atom. The van der Waals surface area contributed by atoms with Gasteiger partial charge in [0.2, 0.25) is 0 Å². The second kappa shape index (κ2) is 4.84. The smallest absolute Gasteiger partial charge is 0.270 e. The van der Waals surface area contributed by atoms with E-state index in [1.807, 2.05) is 6.92 Å². The molecule has 0 unspecified atom stereocenters. The fraction of sp³-hybridized carbons (Fsp3) is 0.200. The van der Waals surface area contributed by atoms with Crippen molar-refractivity contribution in [1.29, 1.82) is 5.26 Å². The van der Waals surface area contributed by atoms with Gasteiger partial charge < -0.3 is 0 Å².